The molecule has 2 unspecified atom stereocenters. The van der Waals surface area contributed by atoms with Gasteiger partial charge >= 0.3 is 0 Å². The molecule has 0 aromatic heterocycles. The number of hydrogen-bond donors (Lipinski definition) is 1. The van der Waals surface area contributed by atoms with Gasteiger partial charge in [-0.1, -0.05) is 13.8 Å². The van der Waals surface area contributed by atoms with Crippen molar-refractivity contribution in [1.82, 2.24) is 5.32 Å². The molecule has 2 rings (SSSR count). The highest BCUT2D eigenvalue weighted by molar-refractivity contribution is 9.10. The summed E-state index contributed by atoms with van der Waals surface area (Å²) in [5, 5.41) is 2.73. The zero-order chi connectivity index (χ0) is 15.7. The molecule has 1 N–H and O–H groups in total. The normalized spacial score (nSPS) is 22.4. The molecule has 1 aliphatic heterocycles. The topological polar surface area (TPSA) is 49.4 Å². The summed E-state index contributed by atoms with van der Waals surface area (Å²) < 4.78 is 14.2. The minimum atomic E-state index is -0.598. The highest BCUT2D eigenvalue weighted by Gasteiger charge is 2.40. The van der Waals surface area contributed by atoms with Crippen molar-refractivity contribution in [3.63, 3.8) is 0 Å². The largest absolute Gasteiger partial charge is 0.342 e. The van der Waals surface area contributed by atoms with E-state index in [1.54, 1.807) is 13.0 Å². The third-order valence-electron chi connectivity index (χ3n) is 3.76. The molecule has 0 spiro atoms. The summed E-state index contributed by atoms with van der Waals surface area (Å²) in [6, 6.07) is 1.79. The van der Waals surface area contributed by atoms with Gasteiger partial charge in [0.05, 0.1) is 10.2 Å². The predicted molar refractivity (Wildman–Crippen MR) is 82.6 cm³/mol. The molecule has 6 heteroatoms. The second-order valence-corrected chi connectivity index (χ2v) is 6.01. The van der Waals surface area contributed by atoms with Crippen LogP contribution in [0.25, 0.3) is 0 Å². The van der Waals surface area contributed by atoms with Gasteiger partial charge < -0.3 is 5.32 Å². The van der Waals surface area contributed by atoms with E-state index in [1.165, 1.54) is 11.0 Å². The molecular formula is C15H18BrFN2O2. The molecule has 0 bridgehead atoms. The molecular weight excluding hydrogens is 339 g/mol. The van der Waals surface area contributed by atoms with Gasteiger partial charge in [0.1, 0.15) is 17.9 Å². The number of hydrogen-bond acceptors (Lipinski definition) is 2. The number of rotatable bonds is 3. The lowest BCUT2D eigenvalue weighted by Gasteiger charge is -2.39. The van der Waals surface area contributed by atoms with Crippen LogP contribution in [0.15, 0.2) is 16.6 Å². The first-order valence-electron chi connectivity index (χ1n) is 6.99. The van der Waals surface area contributed by atoms with Crippen LogP contribution in [0.1, 0.15) is 32.3 Å². The first kappa shape index (κ1) is 15.9. The lowest BCUT2D eigenvalue weighted by atomic mass is 10.0. The molecule has 1 fully saturated rings. The Hall–Kier alpha value is -1.43. The fraction of sp³-hybridized carbons (Fsp3) is 0.467. The summed E-state index contributed by atoms with van der Waals surface area (Å²) in [4.78, 5) is 26.2. The first-order chi connectivity index (χ1) is 9.90. The Bertz CT molecular complexity index is 591. The second-order valence-electron chi connectivity index (χ2n) is 5.15. The molecule has 1 aliphatic rings. The summed E-state index contributed by atoms with van der Waals surface area (Å²) >= 11 is 3.13. The maximum absolute atomic E-state index is 13.9. The monoisotopic (exact) mass is 356 g/mol. The van der Waals surface area contributed by atoms with Crippen molar-refractivity contribution in [2.45, 2.75) is 45.7 Å². The minimum absolute atomic E-state index is 0.186. The van der Waals surface area contributed by atoms with E-state index in [0.717, 1.165) is 5.56 Å². The molecule has 0 saturated carbocycles. The summed E-state index contributed by atoms with van der Waals surface area (Å²) in [5.41, 5.74) is 1.21. The van der Waals surface area contributed by atoms with Gasteiger partial charge in [0, 0.05) is 0 Å². The third-order valence-corrected chi connectivity index (χ3v) is 4.37. The van der Waals surface area contributed by atoms with Crippen molar-refractivity contribution in [2.24, 2.45) is 0 Å². The highest BCUT2D eigenvalue weighted by Crippen LogP contribution is 2.31. The van der Waals surface area contributed by atoms with Gasteiger partial charge in [0.15, 0.2) is 0 Å². The summed E-state index contributed by atoms with van der Waals surface area (Å²) in [5.74, 6) is -0.822. The lowest BCUT2D eigenvalue weighted by molar-refractivity contribution is -0.134. The van der Waals surface area contributed by atoms with E-state index < -0.39 is 17.9 Å². The number of benzene rings is 1. The van der Waals surface area contributed by atoms with Crippen LogP contribution >= 0.6 is 15.9 Å². The van der Waals surface area contributed by atoms with Crippen LogP contribution in [0, 0.1) is 12.7 Å². The number of carbonyl (C=O) groups excluding carboxylic acids is 2. The molecule has 2 amide bonds. The van der Waals surface area contributed by atoms with Gasteiger partial charge in [0.2, 0.25) is 11.8 Å². The number of carbonyl (C=O) groups is 2. The number of anilines is 1. The van der Waals surface area contributed by atoms with E-state index in [9.17, 15) is 14.0 Å². The summed E-state index contributed by atoms with van der Waals surface area (Å²) in [6.07, 6.45) is 0.987. The zero-order valence-corrected chi connectivity index (χ0v) is 13.8. The second kappa shape index (κ2) is 6.13. The van der Waals surface area contributed by atoms with Crippen LogP contribution in [0.4, 0.5) is 10.1 Å². The smallest absolute Gasteiger partial charge is 0.250 e. The quantitative estimate of drug-likeness (QED) is 0.904. The predicted octanol–water partition coefficient (Wildman–Crippen LogP) is 2.92. The van der Waals surface area contributed by atoms with Crippen LogP contribution in [-0.4, -0.2) is 23.9 Å². The Balaban J connectivity index is 2.53. The number of piperazine rings is 1. The van der Waals surface area contributed by atoms with E-state index in [2.05, 4.69) is 21.2 Å². The Morgan fingerprint density at radius 1 is 1.29 bits per heavy atom. The van der Waals surface area contributed by atoms with Crippen molar-refractivity contribution in [3.05, 3.63) is 28.0 Å². The number of halogens is 2. The molecule has 2 atom stereocenters. The van der Waals surface area contributed by atoms with Gasteiger partial charge in [-0.15, -0.1) is 0 Å². The zero-order valence-electron chi connectivity index (χ0n) is 12.2. The highest BCUT2D eigenvalue weighted by atomic mass is 79.9. The van der Waals surface area contributed by atoms with Gasteiger partial charge in [0.25, 0.3) is 0 Å². The van der Waals surface area contributed by atoms with Crippen molar-refractivity contribution in [2.75, 3.05) is 4.90 Å². The van der Waals surface area contributed by atoms with E-state index in [4.69, 9.17) is 0 Å². The van der Waals surface area contributed by atoms with Crippen molar-refractivity contribution in [1.29, 1.82) is 0 Å². The molecule has 1 heterocycles. The molecule has 0 radical (unpaired) electrons. The van der Waals surface area contributed by atoms with Gasteiger partial charge in [-0.3, -0.25) is 14.5 Å². The first-order valence-corrected chi connectivity index (χ1v) is 7.79. The standard InChI is InChI=1S/C15H18BrFN2O2/c1-4-11-15(21)19(12(5-2)14(20)18-11)13-7-10(17)9(16)6-8(13)3/h6-7,11-12H,4-5H2,1-3H3,(H,18,20). The average molecular weight is 357 g/mol. The number of aryl methyl sites for hydroxylation is 1. The third kappa shape index (κ3) is 2.81. The molecule has 114 valence electrons. The Morgan fingerprint density at radius 2 is 1.95 bits per heavy atom. The van der Waals surface area contributed by atoms with Gasteiger partial charge in [-0.2, -0.15) is 0 Å². The fourth-order valence-corrected chi connectivity index (χ4v) is 3.05. The number of nitrogens with one attached hydrogen (secondary N) is 1. The van der Waals surface area contributed by atoms with Crippen molar-refractivity contribution >= 4 is 33.4 Å². The van der Waals surface area contributed by atoms with Crippen LogP contribution in [0.5, 0.6) is 0 Å². The number of nitrogens with zero attached hydrogens (tertiary/aromatic N) is 1. The molecule has 0 aliphatic carbocycles. The lowest BCUT2D eigenvalue weighted by Crippen LogP contribution is -2.63. The minimum Gasteiger partial charge on any atom is -0.342 e. The Labute approximate surface area is 131 Å². The van der Waals surface area contributed by atoms with Crippen LogP contribution in [-0.2, 0) is 9.59 Å². The van der Waals surface area contributed by atoms with Gasteiger partial charge in [-0.25, -0.2) is 4.39 Å². The Morgan fingerprint density at radius 3 is 2.52 bits per heavy atom. The molecule has 1 aromatic rings. The molecule has 1 saturated heterocycles. The maximum atomic E-state index is 13.9. The average Bonchev–Trinajstić information content (AvgIpc) is 2.44. The maximum Gasteiger partial charge on any atom is 0.250 e. The number of amides is 2. The summed E-state index contributed by atoms with van der Waals surface area (Å²) in [7, 11) is 0. The van der Waals surface area contributed by atoms with E-state index in [0.29, 0.717) is 23.0 Å². The van der Waals surface area contributed by atoms with Crippen LogP contribution in [0.3, 0.4) is 0 Å². The molecule has 21 heavy (non-hydrogen) atoms. The van der Waals surface area contributed by atoms with Crippen LogP contribution in [0.2, 0.25) is 0 Å². The molecule has 1 aromatic carbocycles. The van der Waals surface area contributed by atoms with Crippen LogP contribution < -0.4 is 10.2 Å². The van der Waals surface area contributed by atoms with Crippen molar-refractivity contribution < 1.29 is 14.0 Å². The van der Waals surface area contributed by atoms with E-state index >= 15 is 0 Å². The SMILES string of the molecule is CCC1NC(=O)C(CC)N(c2cc(F)c(Br)cc2C)C1=O. The van der Waals surface area contributed by atoms with Crippen molar-refractivity contribution in [3.8, 4) is 0 Å². The Kier molecular flexibility index (Phi) is 4.66. The van der Waals surface area contributed by atoms with Gasteiger partial charge in [-0.05, 0) is 53.4 Å². The van der Waals surface area contributed by atoms with E-state index in [-0.39, 0.29) is 11.8 Å². The van der Waals surface area contributed by atoms with E-state index in [1.807, 2.05) is 13.8 Å². The summed E-state index contributed by atoms with van der Waals surface area (Å²) in [6.45, 7) is 5.47. The molecule has 4 nitrogen and oxygen atoms in total. The fourth-order valence-electron chi connectivity index (χ4n) is 2.59.